The van der Waals surface area contributed by atoms with Crippen molar-refractivity contribution in [2.45, 2.75) is 30.6 Å². The zero-order valence-electron chi connectivity index (χ0n) is 15.7. The third kappa shape index (κ3) is 4.75. The molecule has 1 aromatic carbocycles. The van der Waals surface area contributed by atoms with Crippen LogP contribution in [-0.2, 0) is 21.2 Å². The molecule has 1 saturated heterocycles. The highest BCUT2D eigenvalue weighted by Gasteiger charge is 2.25. The second kappa shape index (κ2) is 8.74. The minimum Gasteiger partial charge on any atom is -0.326 e. The molecule has 3 heterocycles. The third-order valence-electron chi connectivity index (χ3n) is 4.72. The molecule has 0 aliphatic carbocycles. The molecule has 4 rings (SSSR count). The van der Waals surface area contributed by atoms with Crippen molar-refractivity contribution in [2.24, 2.45) is 0 Å². The standard InChI is InChI=1S/C20H21N3O3S3/c24-19(13-16-14-28-20(22-16)18-5-4-12-27-18)21-15-6-8-17(9-7-15)29(25,26)23-10-2-1-3-11-23/h4-9,12,14H,1-3,10-11,13H2,(H,21,24). The number of carbonyl (C=O) groups is 1. The zero-order chi connectivity index (χ0) is 20.3. The van der Waals surface area contributed by atoms with E-state index in [1.165, 1.54) is 15.6 Å². The van der Waals surface area contributed by atoms with Gasteiger partial charge in [-0.1, -0.05) is 12.5 Å². The van der Waals surface area contributed by atoms with Gasteiger partial charge in [0.1, 0.15) is 5.01 Å². The summed E-state index contributed by atoms with van der Waals surface area (Å²) in [5.41, 5.74) is 1.29. The van der Waals surface area contributed by atoms with E-state index in [1.54, 1.807) is 35.6 Å². The van der Waals surface area contributed by atoms with Crippen LogP contribution in [-0.4, -0.2) is 36.7 Å². The summed E-state index contributed by atoms with van der Waals surface area (Å²) in [6, 6.07) is 10.4. The van der Waals surface area contributed by atoms with Gasteiger partial charge in [-0.25, -0.2) is 13.4 Å². The molecule has 29 heavy (non-hydrogen) atoms. The summed E-state index contributed by atoms with van der Waals surface area (Å²) in [4.78, 5) is 18.2. The largest absolute Gasteiger partial charge is 0.326 e. The van der Waals surface area contributed by atoms with Crippen molar-refractivity contribution in [3.63, 3.8) is 0 Å². The van der Waals surface area contributed by atoms with Crippen molar-refractivity contribution in [1.29, 1.82) is 0 Å². The van der Waals surface area contributed by atoms with Crippen molar-refractivity contribution >= 4 is 44.3 Å². The highest BCUT2D eigenvalue weighted by molar-refractivity contribution is 7.89. The fourth-order valence-corrected chi connectivity index (χ4v) is 6.39. The Morgan fingerprint density at radius 3 is 2.52 bits per heavy atom. The van der Waals surface area contributed by atoms with Crippen LogP contribution < -0.4 is 5.32 Å². The average Bonchev–Trinajstić information content (AvgIpc) is 3.41. The Labute approximate surface area is 178 Å². The molecule has 0 radical (unpaired) electrons. The summed E-state index contributed by atoms with van der Waals surface area (Å²) >= 11 is 3.14. The van der Waals surface area contributed by atoms with Crippen LogP contribution in [0, 0.1) is 0 Å². The number of carbonyl (C=O) groups excluding carboxylic acids is 1. The Morgan fingerprint density at radius 2 is 1.83 bits per heavy atom. The molecule has 1 amide bonds. The van der Waals surface area contributed by atoms with Crippen LogP contribution in [0.15, 0.2) is 52.1 Å². The SMILES string of the molecule is O=C(Cc1csc(-c2cccs2)n1)Nc1ccc(S(=O)(=O)N2CCCCC2)cc1. The number of anilines is 1. The Bertz CT molecular complexity index is 1070. The van der Waals surface area contributed by atoms with Gasteiger partial charge in [0.15, 0.2) is 0 Å². The van der Waals surface area contributed by atoms with Crippen molar-refractivity contribution in [2.75, 3.05) is 18.4 Å². The van der Waals surface area contributed by atoms with E-state index >= 15 is 0 Å². The van der Waals surface area contributed by atoms with Crippen molar-refractivity contribution in [3.05, 3.63) is 52.9 Å². The van der Waals surface area contributed by atoms with Gasteiger partial charge in [-0.15, -0.1) is 22.7 Å². The first-order valence-corrected chi connectivity index (χ1v) is 12.6. The second-order valence-corrected chi connectivity index (χ2v) is 10.6. The minimum absolute atomic E-state index is 0.176. The molecule has 152 valence electrons. The minimum atomic E-state index is -3.46. The van der Waals surface area contributed by atoms with E-state index < -0.39 is 10.0 Å². The van der Waals surface area contributed by atoms with Gasteiger partial charge in [0, 0.05) is 24.2 Å². The van der Waals surface area contributed by atoms with Gasteiger partial charge in [-0.3, -0.25) is 4.79 Å². The molecule has 0 spiro atoms. The number of nitrogens with one attached hydrogen (secondary N) is 1. The fraction of sp³-hybridized carbons (Fsp3) is 0.300. The first-order valence-electron chi connectivity index (χ1n) is 9.41. The van der Waals surface area contributed by atoms with Gasteiger partial charge in [0.25, 0.3) is 0 Å². The summed E-state index contributed by atoms with van der Waals surface area (Å²) in [5, 5.41) is 7.61. The molecule has 0 unspecified atom stereocenters. The molecule has 2 aromatic heterocycles. The van der Waals surface area contributed by atoms with Crippen LogP contribution in [0.1, 0.15) is 25.0 Å². The van der Waals surface area contributed by atoms with E-state index in [0.717, 1.165) is 34.8 Å². The van der Waals surface area contributed by atoms with Gasteiger partial charge in [0.05, 0.1) is 21.9 Å². The number of piperidine rings is 1. The normalized spacial score (nSPS) is 15.3. The number of thiophene rings is 1. The molecule has 0 saturated carbocycles. The van der Waals surface area contributed by atoms with Crippen LogP contribution in [0.25, 0.3) is 9.88 Å². The second-order valence-electron chi connectivity index (χ2n) is 6.84. The van der Waals surface area contributed by atoms with Crippen molar-refractivity contribution < 1.29 is 13.2 Å². The predicted octanol–water partition coefficient (Wildman–Crippen LogP) is 4.23. The molecule has 1 fully saturated rings. The Balaban J connectivity index is 1.38. The number of rotatable bonds is 6. The maximum Gasteiger partial charge on any atom is 0.243 e. The lowest BCUT2D eigenvalue weighted by atomic mass is 10.2. The molecular formula is C20H21N3O3S3. The lowest BCUT2D eigenvalue weighted by Crippen LogP contribution is -2.35. The average molecular weight is 448 g/mol. The molecule has 1 aliphatic heterocycles. The monoisotopic (exact) mass is 447 g/mol. The highest BCUT2D eigenvalue weighted by Crippen LogP contribution is 2.28. The van der Waals surface area contributed by atoms with Gasteiger partial charge in [-0.2, -0.15) is 4.31 Å². The number of hydrogen-bond donors (Lipinski definition) is 1. The fourth-order valence-electron chi connectivity index (χ4n) is 3.24. The van der Waals surface area contributed by atoms with Gasteiger partial charge in [-0.05, 0) is 48.6 Å². The Hall–Kier alpha value is -2.07. The molecule has 3 aromatic rings. The maximum atomic E-state index is 12.7. The number of benzene rings is 1. The third-order valence-corrected chi connectivity index (χ3v) is 8.56. The number of hydrogen-bond acceptors (Lipinski definition) is 6. The zero-order valence-corrected chi connectivity index (χ0v) is 18.2. The van der Waals surface area contributed by atoms with E-state index in [9.17, 15) is 13.2 Å². The van der Waals surface area contributed by atoms with Crippen LogP contribution in [0.2, 0.25) is 0 Å². The molecule has 1 aliphatic rings. The van der Waals surface area contributed by atoms with Gasteiger partial charge < -0.3 is 5.32 Å². The van der Waals surface area contributed by atoms with Crippen molar-refractivity contribution in [3.8, 4) is 9.88 Å². The molecule has 9 heteroatoms. The highest BCUT2D eigenvalue weighted by atomic mass is 32.2. The number of amides is 1. The lowest BCUT2D eigenvalue weighted by Gasteiger charge is -2.25. The van der Waals surface area contributed by atoms with E-state index in [2.05, 4.69) is 10.3 Å². The van der Waals surface area contributed by atoms with E-state index in [0.29, 0.717) is 18.8 Å². The van der Waals surface area contributed by atoms with Crippen molar-refractivity contribution in [1.82, 2.24) is 9.29 Å². The molecule has 0 bridgehead atoms. The molecular weight excluding hydrogens is 426 g/mol. The maximum absolute atomic E-state index is 12.7. The van der Waals surface area contributed by atoms with E-state index in [4.69, 9.17) is 0 Å². The molecule has 0 atom stereocenters. The summed E-state index contributed by atoms with van der Waals surface area (Å²) < 4.78 is 26.9. The molecule has 6 nitrogen and oxygen atoms in total. The smallest absolute Gasteiger partial charge is 0.243 e. The first-order chi connectivity index (χ1) is 14.0. The summed E-state index contributed by atoms with van der Waals surface area (Å²) in [6.07, 6.45) is 3.05. The summed E-state index contributed by atoms with van der Waals surface area (Å²) in [6.45, 7) is 1.14. The van der Waals surface area contributed by atoms with E-state index in [1.807, 2.05) is 22.9 Å². The lowest BCUT2D eigenvalue weighted by molar-refractivity contribution is -0.115. The number of aromatic nitrogens is 1. The van der Waals surface area contributed by atoms with E-state index in [-0.39, 0.29) is 17.2 Å². The van der Waals surface area contributed by atoms with Gasteiger partial charge >= 0.3 is 0 Å². The predicted molar refractivity (Wildman–Crippen MR) is 117 cm³/mol. The Kier molecular flexibility index (Phi) is 6.09. The summed E-state index contributed by atoms with van der Waals surface area (Å²) in [5.74, 6) is -0.181. The number of thiazole rings is 1. The van der Waals surface area contributed by atoms with Crippen LogP contribution in [0.5, 0.6) is 0 Å². The summed E-state index contributed by atoms with van der Waals surface area (Å²) in [7, 11) is -3.46. The van der Waals surface area contributed by atoms with Crippen LogP contribution in [0.3, 0.4) is 0 Å². The quantitative estimate of drug-likeness (QED) is 0.613. The topological polar surface area (TPSA) is 79.4 Å². The van der Waals surface area contributed by atoms with Crippen LogP contribution >= 0.6 is 22.7 Å². The first kappa shape index (κ1) is 20.2. The number of nitrogens with zero attached hydrogens (tertiary/aromatic N) is 2. The van der Waals surface area contributed by atoms with Crippen LogP contribution in [0.4, 0.5) is 5.69 Å². The van der Waals surface area contributed by atoms with Gasteiger partial charge in [0.2, 0.25) is 15.9 Å². The Morgan fingerprint density at radius 1 is 1.07 bits per heavy atom. The molecule has 1 N–H and O–H groups in total. The number of sulfonamides is 1.